The van der Waals surface area contributed by atoms with Crippen LogP contribution in [0.15, 0.2) is 47.5 Å². The standard InChI is InChI=1S/C22H29N3O4S/c1-2-19(17-7-4-3-5-8-17)21-9-6-10-25(21)22(26)20-15-18(16-23-20)30(27,28)24-11-13-29-14-12-24/h3-5,7-8,15-16,19,21,23H,2,6,9-14H2,1H3/t19-,21+/m0/s1. The van der Waals surface area contributed by atoms with Crippen LogP contribution in [0.1, 0.15) is 48.2 Å². The van der Waals surface area contributed by atoms with E-state index in [2.05, 4.69) is 24.0 Å². The van der Waals surface area contributed by atoms with E-state index >= 15 is 0 Å². The molecule has 0 bridgehead atoms. The van der Waals surface area contributed by atoms with E-state index in [0.717, 1.165) is 19.3 Å². The number of carbonyl (C=O) groups is 1. The van der Waals surface area contributed by atoms with Gasteiger partial charge in [0.2, 0.25) is 10.0 Å². The van der Waals surface area contributed by atoms with Crippen molar-refractivity contribution in [3.05, 3.63) is 53.9 Å². The van der Waals surface area contributed by atoms with Crippen LogP contribution in [-0.4, -0.2) is 67.4 Å². The Bertz CT molecular complexity index is 967. The monoisotopic (exact) mass is 431 g/mol. The Labute approximate surface area is 178 Å². The SMILES string of the molecule is CC[C@@H](c1ccccc1)[C@H]1CCCN1C(=O)c1cc(S(=O)(=O)N2CCOCC2)c[nH]1. The lowest BCUT2D eigenvalue weighted by molar-refractivity contribution is 0.0709. The molecule has 3 heterocycles. The molecule has 30 heavy (non-hydrogen) atoms. The van der Waals surface area contributed by atoms with Crippen molar-refractivity contribution in [2.75, 3.05) is 32.8 Å². The highest BCUT2D eigenvalue weighted by atomic mass is 32.2. The number of hydrogen-bond acceptors (Lipinski definition) is 4. The molecule has 0 spiro atoms. The summed E-state index contributed by atoms with van der Waals surface area (Å²) in [6.45, 7) is 4.30. The molecule has 0 radical (unpaired) electrons. The predicted octanol–water partition coefficient (Wildman–Crippen LogP) is 2.83. The first kappa shape index (κ1) is 21.1. The van der Waals surface area contributed by atoms with Crippen LogP contribution in [0, 0.1) is 0 Å². The number of aromatic amines is 1. The molecular weight excluding hydrogens is 402 g/mol. The first-order valence-corrected chi connectivity index (χ1v) is 12.1. The maximum atomic E-state index is 13.3. The molecule has 2 fully saturated rings. The lowest BCUT2D eigenvalue weighted by Gasteiger charge is -2.31. The summed E-state index contributed by atoms with van der Waals surface area (Å²) in [5, 5.41) is 0. The van der Waals surface area contributed by atoms with Gasteiger partial charge in [0, 0.05) is 37.8 Å². The maximum absolute atomic E-state index is 13.3. The Morgan fingerprint density at radius 1 is 1.20 bits per heavy atom. The van der Waals surface area contributed by atoms with Gasteiger partial charge in [-0.1, -0.05) is 37.3 Å². The minimum atomic E-state index is -3.62. The minimum absolute atomic E-state index is 0.118. The summed E-state index contributed by atoms with van der Waals surface area (Å²) < 4.78 is 32.4. The van der Waals surface area contributed by atoms with Gasteiger partial charge in [-0.3, -0.25) is 4.79 Å². The van der Waals surface area contributed by atoms with E-state index in [-0.39, 0.29) is 22.8 Å². The number of nitrogens with one attached hydrogen (secondary N) is 1. The number of carbonyl (C=O) groups excluding carboxylic acids is 1. The van der Waals surface area contributed by atoms with Crippen LogP contribution in [0.4, 0.5) is 0 Å². The minimum Gasteiger partial charge on any atom is -0.379 e. The molecule has 0 unspecified atom stereocenters. The molecule has 2 aromatic rings. The summed E-state index contributed by atoms with van der Waals surface area (Å²) >= 11 is 0. The highest BCUT2D eigenvalue weighted by molar-refractivity contribution is 7.89. The first-order valence-electron chi connectivity index (χ1n) is 10.6. The van der Waals surface area contributed by atoms with Crippen molar-refractivity contribution in [2.24, 2.45) is 0 Å². The fourth-order valence-corrected chi connectivity index (χ4v) is 6.03. The Morgan fingerprint density at radius 2 is 1.93 bits per heavy atom. The summed E-state index contributed by atoms with van der Waals surface area (Å²) in [6.07, 6.45) is 4.29. The van der Waals surface area contributed by atoms with Crippen molar-refractivity contribution in [3.63, 3.8) is 0 Å². The average molecular weight is 432 g/mol. The van der Waals surface area contributed by atoms with Gasteiger partial charge in [-0.25, -0.2) is 8.42 Å². The van der Waals surface area contributed by atoms with Gasteiger partial charge in [0.05, 0.1) is 13.2 Å². The number of amides is 1. The van der Waals surface area contributed by atoms with Crippen molar-refractivity contribution in [1.29, 1.82) is 0 Å². The van der Waals surface area contributed by atoms with E-state index in [9.17, 15) is 13.2 Å². The molecule has 1 N–H and O–H groups in total. The fraction of sp³-hybridized carbons (Fsp3) is 0.500. The number of aromatic nitrogens is 1. The molecule has 8 heteroatoms. The second kappa shape index (κ2) is 8.91. The van der Waals surface area contributed by atoms with Gasteiger partial charge in [0.1, 0.15) is 10.6 Å². The van der Waals surface area contributed by atoms with E-state index < -0.39 is 10.0 Å². The number of nitrogens with zero attached hydrogens (tertiary/aromatic N) is 2. The molecule has 2 aliphatic rings. The zero-order valence-electron chi connectivity index (χ0n) is 17.3. The lowest BCUT2D eigenvalue weighted by Crippen LogP contribution is -2.40. The molecule has 1 aromatic carbocycles. The second-order valence-corrected chi connectivity index (χ2v) is 9.84. The van der Waals surface area contributed by atoms with Crippen molar-refractivity contribution in [1.82, 2.24) is 14.2 Å². The number of likely N-dealkylation sites (tertiary alicyclic amines) is 1. The third-order valence-electron chi connectivity index (χ3n) is 6.19. The summed E-state index contributed by atoms with van der Waals surface area (Å²) in [7, 11) is -3.62. The quantitative estimate of drug-likeness (QED) is 0.762. The number of H-pyrrole nitrogens is 1. The molecule has 2 atom stereocenters. The number of morpholine rings is 1. The average Bonchev–Trinajstić information content (AvgIpc) is 3.46. The molecule has 2 aliphatic heterocycles. The van der Waals surface area contributed by atoms with Crippen molar-refractivity contribution in [3.8, 4) is 0 Å². The van der Waals surface area contributed by atoms with Gasteiger partial charge in [0.15, 0.2) is 0 Å². The van der Waals surface area contributed by atoms with E-state index in [0.29, 0.717) is 38.5 Å². The molecule has 0 saturated carbocycles. The summed E-state index contributed by atoms with van der Waals surface area (Å²) in [6, 6.07) is 11.9. The van der Waals surface area contributed by atoms with Gasteiger partial charge in [-0.2, -0.15) is 4.31 Å². The van der Waals surface area contributed by atoms with Crippen LogP contribution < -0.4 is 0 Å². The lowest BCUT2D eigenvalue weighted by atomic mass is 9.87. The highest BCUT2D eigenvalue weighted by Gasteiger charge is 2.36. The van der Waals surface area contributed by atoms with Gasteiger partial charge in [-0.05, 0) is 30.9 Å². The largest absolute Gasteiger partial charge is 0.379 e. The number of hydrogen-bond donors (Lipinski definition) is 1. The molecule has 1 aromatic heterocycles. The van der Waals surface area contributed by atoms with Gasteiger partial charge < -0.3 is 14.6 Å². The molecular formula is C22H29N3O4S. The molecule has 1 amide bonds. The summed E-state index contributed by atoms with van der Waals surface area (Å²) in [5.74, 6) is 0.138. The highest BCUT2D eigenvalue weighted by Crippen LogP contribution is 2.34. The van der Waals surface area contributed by atoms with E-state index in [1.165, 1.54) is 22.1 Å². The Morgan fingerprint density at radius 3 is 2.63 bits per heavy atom. The molecule has 4 rings (SSSR count). The van der Waals surface area contributed by atoms with E-state index in [1.807, 2.05) is 23.1 Å². The normalized spacial score (nSPS) is 21.6. The number of benzene rings is 1. The second-order valence-electron chi connectivity index (χ2n) is 7.90. The van der Waals surface area contributed by atoms with Gasteiger partial charge >= 0.3 is 0 Å². The van der Waals surface area contributed by atoms with Crippen LogP contribution in [0.25, 0.3) is 0 Å². The number of sulfonamides is 1. The third-order valence-corrected chi connectivity index (χ3v) is 8.06. The van der Waals surface area contributed by atoms with E-state index in [1.54, 1.807) is 0 Å². The molecule has 7 nitrogen and oxygen atoms in total. The van der Waals surface area contributed by atoms with Crippen LogP contribution in [-0.2, 0) is 14.8 Å². The molecule has 0 aliphatic carbocycles. The maximum Gasteiger partial charge on any atom is 0.270 e. The third kappa shape index (κ3) is 4.04. The van der Waals surface area contributed by atoms with Gasteiger partial charge in [-0.15, -0.1) is 0 Å². The Balaban J connectivity index is 1.54. The Hall–Kier alpha value is -2.16. The van der Waals surface area contributed by atoms with Crippen LogP contribution in [0.3, 0.4) is 0 Å². The van der Waals surface area contributed by atoms with Gasteiger partial charge in [0.25, 0.3) is 5.91 Å². The zero-order chi connectivity index (χ0) is 21.1. The number of ether oxygens (including phenoxy) is 1. The molecule has 162 valence electrons. The zero-order valence-corrected chi connectivity index (χ0v) is 18.1. The Kier molecular flexibility index (Phi) is 6.26. The van der Waals surface area contributed by atoms with Crippen molar-refractivity contribution < 1.29 is 17.9 Å². The predicted molar refractivity (Wildman–Crippen MR) is 114 cm³/mol. The van der Waals surface area contributed by atoms with Crippen LogP contribution in [0.2, 0.25) is 0 Å². The van der Waals surface area contributed by atoms with Crippen LogP contribution >= 0.6 is 0 Å². The van der Waals surface area contributed by atoms with Crippen molar-refractivity contribution >= 4 is 15.9 Å². The summed E-state index contributed by atoms with van der Waals surface area (Å²) in [4.78, 5) is 18.3. The topological polar surface area (TPSA) is 82.7 Å². The van der Waals surface area contributed by atoms with Crippen LogP contribution in [0.5, 0.6) is 0 Å². The van der Waals surface area contributed by atoms with Crippen molar-refractivity contribution in [2.45, 2.75) is 43.0 Å². The number of rotatable bonds is 6. The first-order chi connectivity index (χ1) is 14.5. The summed E-state index contributed by atoms with van der Waals surface area (Å²) in [5.41, 5.74) is 1.57. The van der Waals surface area contributed by atoms with E-state index in [4.69, 9.17) is 4.74 Å². The smallest absolute Gasteiger partial charge is 0.270 e. The molecule has 2 saturated heterocycles. The fourth-order valence-electron chi connectivity index (χ4n) is 4.63.